The molecule has 0 unspecified atom stereocenters. The summed E-state index contributed by atoms with van der Waals surface area (Å²) in [7, 11) is 0. The van der Waals surface area contributed by atoms with Crippen LogP contribution < -0.4 is 5.56 Å². The Balaban J connectivity index is 1.53. The van der Waals surface area contributed by atoms with Crippen molar-refractivity contribution in [2.75, 3.05) is 19.7 Å². The zero-order valence-electron chi connectivity index (χ0n) is 17.1. The van der Waals surface area contributed by atoms with E-state index in [-0.39, 0.29) is 29.1 Å². The van der Waals surface area contributed by atoms with Gasteiger partial charge in [-0.25, -0.2) is 0 Å². The first-order valence-electron chi connectivity index (χ1n) is 10.3. The lowest BCUT2D eigenvalue weighted by molar-refractivity contribution is -0.0264. The van der Waals surface area contributed by atoms with E-state index in [9.17, 15) is 9.59 Å². The molecule has 3 aromatic rings. The molecule has 1 aliphatic rings. The predicted octanol–water partition coefficient (Wildman–Crippen LogP) is 3.75. The minimum Gasteiger partial charge on any atom is -0.375 e. The summed E-state index contributed by atoms with van der Waals surface area (Å²) in [6, 6.07) is 24.1. The van der Waals surface area contributed by atoms with E-state index in [4.69, 9.17) is 4.74 Å². The number of aryl methyl sites for hydroxylation is 1. The zero-order valence-corrected chi connectivity index (χ0v) is 17.1. The van der Waals surface area contributed by atoms with Crippen LogP contribution in [0.3, 0.4) is 0 Å². The number of rotatable bonds is 5. The monoisotopic (exact) mass is 402 g/mol. The zero-order chi connectivity index (χ0) is 20.9. The van der Waals surface area contributed by atoms with Crippen LogP contribution in [0, 0.1) is 6.92 Å². The van der Waals surface area contributed by atoms with Gasteiger partial charge in [0.25, 0.3) is 11.5 Å². The molecule has 0 aliphatic carbocycles. The molecule has 30 heavy (non-hydrogen) atoms. The highest BCUT2D eigenvalue weighted by Gasteiger charge is 2.29. The third-order valence-electron chi connectivity index (χ3n) is 5.61. The van der Waals surface area contributed by atoms with E-state index >= 15 is 0 Å². The molecule has 1 aromatic heterocycles. The molecular formula is C25H26N2O3. The van der Waals surface area contributed by atoms with Crippen molar-refractivity contribution >= 4 is 5.91 Å². The summed E-state index contributed by atoms with van der Waals surface area (Å²) in [4.78, 5) is 29.6. The van der Waals surface area contributed by atoms with E-state index in [0.717, 1.165) is 12.1 Å². The van der Waals surface area contributed by atoms with Crippen LogP contribution in [0.4, 0.5) is 0 Å². The fraction of sp³-hybridized carbons (Fsp3) is 0.280. The maximum atomic E-state index is 13.0. The fourth-order valence-corrected chi connectivity index (χ4v) is 4.06. The second-order valence-corrected chi connectivity index (χ2v) is 7.74. The number of amides is 1. The van der Waals surface area contributed by atoms with Crippen LogP contribution in [-0.4, -0.2) is 41.6 Å². The second kappa shape index (κ2) is 9.09. The highest BCUT2D eigenvalue weighted by molar-refractivity contribution is 5.93. The van der Waals surface area contributed by atoms with Gasteiger partial charge < -0.3 is 14.6 Å². The maximum absolute atomic E-state index is 13.0. The van der Waals surface area contributed by atoms with Crippen molar-refractivity contribution in [2.45, 2.75) is 25.4 Å². The van der Waals surface area contributed by atoms with Crippen molar-refractivity contribution in [1.29, 1.82) is 0 Å². The number of benzene rings is 2. The SMILES string of the molecule is Cc1ccc(C(=O)N2CCO[C@H](CC(c3ccccc3)c3ccccc3)C2)c(=O)[nH]1. The molecule has 2 heterocycles. The summed E-state index contributed by atoms with van der Waals surface area (Å²) in [5, 5.41) is 0. The van der Waals surface area contributed by atoms with Gasteiger partial charge >= 0.3 is 0 Å². The minimum atomic E-state index is -0.338. The molecule has 1 atom stereocenters. The highest BCUT2D eigenvalue weighted by atomic mass is 16.5. The summed E-state index contributed by atoms with van der Waals surface area (Å²) < 4.78 is 6.04. The first-order chi connectivity index (χ1) is 14.6. The van der Waals surface area contributed by atoms with Gasteiger partial charge in [0.05, 0.1) is 12.7 Å². The smallest absolute Gasteiger partial charge is 0.260 e. The highest BCUT2D eigenvalue weighted by Crippen LogP contribution is 2.31. The molecule has 1 saturated heterocycles. The van der Waals surface area contributed by atoms with Crippen molar-refractivity contribution in [1.82, 2.24) is 9.88 Å². The Labute approximate surface area is 176 Å². The normalized spacial score (nSPS) is 16.6. The maximum Gasteiger partial charge on any atom is 0.260 e. The lowest BCUT2D eigenvalue weighted by Gasteiger charge is -2.35. The van der Waals surface area contributed by atoms with Gasteiger partial charge in [-0.05, 0) is 36.6 Å². The van der Waals surface area contributed by atoms with Crippen molar-refractivity contribution in [3.8, 4) is 0 Å². The number of nitrogens with one attached hydrogen (secondary N) is 1. The van der Waals surface area contributed by atoms with Gasteiger partial charge in [0, 0.05) is 24.7 Å². The van der Waals surface area contributed by atoms with E-state index in [1.807, 2.05) is 36.4 Å². The van der Waals surface area contributed by atoms with E-state index in [1.54, 1.807) is 24.0 Å². The Kier molecular flexibility index (Phi) is 6.10. The summed E-state index contributed by atoms with van der Waals surface area (Å²) in [6.07, 6.45) is 0.667. The number of H-pyrrole nitrogens is 1. The van der Waals surface area contributed by atoms with Crippen LogP contribution in [0.15, 0.2) is 77.6 Å². The van der Waals surface area contributed by atoms with Crippen LogP contribution in [0.25, 0.3) is 0 Å². The van der Waals surface area contributed by atoms with E-state index < -0.39 is 0 Å². The van der Waals surface area contributed by atoms with Gasteiger partial charge in [-0.3, -0.25) is 9.59 Å². The average molecular weight is 402 g/mol. The third-order valence-corrected chi connectivity index (χ3v) is 5.61. The first kappa shape index (κ1) is 20.1. The Morgan fingerprint density at radius 1 is 1.03 bits per heavy atom. The van der Waals surface area contributed by atoms with Crippen LogP contribution in [0.1, 0.15) is 39.5 Å². The Morgan fingerprint density at radius 2 is 1.67 bits per heavy atom. The molecular weight excluding hydrogens is 376 g/mol. The average Bonchev–Trinajstić information content (AvgIpc) is 2.78. The molecule has 154 valence electrons. The lowest BCUT2D eigenvalue weighted by Crippen LogP contribution is -2.47. The number of aromatic nitrogens is 1. The molecule has 2 aromatic carbocycles. The third kappa shape index (κ3) is 4.52. The molecule has 4 rings (SSSR count). The van der Waals surface area contributed by atoms with Crippen molar-refractivity contribution in [3.05, 3.63) is 106 Å². The van der Waals surface area contributed by atoms with Gasteiger partial charge in [-0.15, -0.1) is 0 Å². The fourth-order valence-electron chi connectivity index (χ4n) is 4.06. The van der Waals surface area contributed by atoms with Crippen LogP contribution in [0.2, 0.25) is 0 Å². The number of carbonyl (C=O) groups is 1. The van der Waals surface area contributed by atoms with Crippen molar-refractivity contribution in [2.24, 2.45) is 0 Å². The molecule has 0 radical (unpaired) electrons. The first-order valence-corrected chi connectivity index (χ1v) is 10.3. The summed E-state index contributed by atoms with van der Waals surface area (Å²) in [6.45, 7) is 3.23. The predicted molar refractivity (Wildman–Crippen MR) is 117 cm³/mol. The van der Waals surface area contributed by atoms with Gasteiger partial charge in [0.2, 0.25) is 0 Å². The number of carbonyl (C=O) groups excluding carboxylic acids is 1. The molecule has 1 aliphatic heterocycles. The van der Waals surface area contributed by atoms with Gasteiger partial charge in [0.15, 0.2) is 0 Å². The molecule has 0 saturated carbocycles. The molecule has 1 N–H and O–H groups in total. The number of ether oxygens (including phenoxy) is 1. The van der Waals surface area contributed by atoms with Crippen molar-refractivity contribution in [3.63, 3.8) is 0 Å². The molecule has 5 nitrogen and oxygen atoms in total. The molecule has 0 spiro atoms. The largest absolute Gasteiger partial charge is 0.375 e. The topological polar surface area (TPSA) is 62.4 Å². The van der Waals surface area contributed by atoms with Gasteiger partial charge in [-0.2, -0.15) is 0 Å². The van der Waals surface area contributed by atoms with Crippen LogP contribution in [-0.2, 0) is 4.74 Å². The Bertz CT molecular complexity index is 1010. The van der Waals surface area contributed by atoms with Crippen LogP contribution in [0.5, 0.6) is 0 Å². The molecule has 5 heteroatoms. The van der Waals surface area contributed by atoms with Crippen molar-refractivity contribution < 1.29 is 9.53 Å². The Hall–Kier alpha value is -3.18. The number of pyridine rings is 1. The minimum absolute atomic E-state index is 0.0994. The number of nitrogens with zero attached hydrogens (tertiary/aromatic N) is 1. The van der Waals surface area contributed by atoms with Crippen LogP contribution >= 0.6 is 0 Å². The number of morpholine rings is 1. The summed E-state index contributed by atoms with van der Waals surface area (Å²) in [5.74, 6) is -0.0595. The van der Waals surface area contributed by atoms with Gasteiger partial charge in [-0.1, -0.05) is 60.7 Å². The quantitative estimate of drug-likeness (QED) is 0.707. The number of hydrogen-bond acceptors (Lipinski definition) is 3. The molecule has 1 amide bonds. The number of hydrogen-bond donors (Lipinski definition) is 1. The van der Waals surface area contributed by atoms with E-state index in [1.165, 1.54) is 11.1 Å². The van der Waals surface area contributed by atoms with E-state index in [2.05, 4.69) is 29.2 Å². The lowest BCUT2D eigenvalue weighted by atomic mass is 9.86. The number of aromatic amines is 1. The molecule has 0 bridgehead atoms. The second-order valence-electron chi connectivity index (χ2n) is 7.74. The van der Waals surface area contributed by atoms with Gasteiger partial charge in [0.1, 0.15) is 5.56 Å². The summed E-state index contributed by atoms with van der Waals surface area (Å²) >= 11 is 0. The Morgan fingerprint density at radius 3 is 2.27 bits per heavy atom. The van der Waals surface area contributed by atoms with E-state index in [0.29, 0.717) is 19.7 Å². The summed E-state index contributed by atoms with van der Waals surface area (Å²) in [5.41, 5.74) is 3.04. The molecule has 1 fully saturated rings. The standard InChI is InChI=1S/C25H26N2O3/c1-18-12-13-22(24(28)26-18)25(29)27-14-15-30-21(17-27)16-23(19-8-4-2-5-9-19)20-10-6-3-7-11-20/h2-13,21,23H,14-17H2,1H3,(H,26,28)/t21-/m1/s1.